The normalized spacial score (nSPS) is 24.5. The molecule has 6 heteroatoms. The molecule has 0 bridgehead atoms. The number of amides is 1. The van der Waals surface area contributed by atoms with Crippen molar-refractivity contribution in [1.29, 1.82) is 0 Å². The Bertz CT molecular complexity index is 616. The molecule has 1 aliphatic carbocycles. The molecule has 0 saturated carbocycles. The Kier molecular flexibility index (Phi) is 2.46. The lowest BCUT2D eigenvalue weighted by Gasteiger charge is -2.10. The quantitative estimate of drug-likeness (QED) is 0.724. The Balaban J connectivity index is 1.78. The van der Waals surface area contributed by atoms with E-state index in [4.69, 9.17) is 9.84 Å². The van der Waals surface area contributed by atoms with Crippen molar-refractivity contribution in [2.24, 2.45) is 0 Å². The van der Waals surface area contributed by atoms with Gasteiger partial charge in [-0.15, -0.1) is 0 Å². The van der Waals surface area contributed by atoms with Crippen LogP contribution in [0.3, 0.4) is 0 Å². The van der Waals surface area contributed by atoms with E-state index < -0.39 is 23.9 Å². The van der Waals surface area contributed by atoms with Gasteiger partial charge in [-0.3, -0.25) is 14.4 Å². The van der Waals surface area contributed by atoms with Crippen LogP contribution >= 0.6 is 0 Å². The molecule has 1 aliphatic heterocycles. The van der Waals surface area contributed by atoms with Gasteiger partial charge in [-0.05, 0) is 24.3 Å². The first kappa shape index (κ1) is 11.6. The lowest BCUT2D eigenvalue weighted by molar-refractivity contribution is -0.119. The highest BCUT2D eigenvalue weighted by molar-refractivity contribution is 6.17. The number of nitrogens with one attached hydrogen (secondary N) is 1. The molecule has 2 N–H and O–H groups in total. The van der Waals surface area contributed by atoms with E-state index in [1.807, 2.05) is 0 Å². The molecule has 1 amide bonds. The molecule has 0 unspecified atom stereocenters. The predicted molar refractivity (Wildman–Crippen MR) is 62.3 cm³/mol. The van der Waals surface area contributed by atoms with Gasteiger partial charge in [0.25, 0.3) is 5.91 Å². The van der Waals surface area contributed by atoms with Gasteiger partial charge in [-0.1, -0.05) is 0 Å². The highest BCUT2D eigenvalue weighted by Crippen LogP contribution is 2.30. The summed E-state index contributed by atoms with van der Waals surface area (Å²) in [5.41, 5.74) is 0.222. The van der Waals surface area contributed by atoms with Gasteiger partial charge in [-0.2, -0.15) is 0 Å². The molecule has 6 nitrogen and oxygen atoms in total. The number of carbonyl (C=O) groups is 3. The van der Waals surface area contributed by atoms with Crippen molar-refractivity contribution in [2.45, 2.75) is 12.2 Å². The van der Waals surface area contributed by atoms with E-state index in [0.29, 0.717) is 0 Å². The second kappa shape index (κ2) is 4.03. The van der Waals surface area contributed by atoms with Gasteiger partial charge in [0.15, 0.2) is 18.0 Å². The maximum Gasteiger partial charge on any atom is 0.255 e. The molecule has 19 heavy (non-hydrogen) atoms. The Morgan fingerprint density at radius 1 is 1.16 bits per heavy atom. The number of rotatable bonds is 2. The zero-order valence-corrected chi connectivity index (χ0v) is 9.62. The van der Waals surface area contributed by atoms with Crippen molar-refractivity contribution in [1.82, 2.24) is 5.32 Å². The van der Waals surface area contributed by atoms with Crippen LogP contribution in [0.2, 0.25) is 0 Å². The number of hydrogen-bond acceptors (Lipinski definition) is 5. The van der Waals surface area contributed by atoms with E-state index in [2.05, 4.69) is 5.32 Å². The van der Waals surface area contributed by atoms with Crippen LogP contribution in [0.15, 0.2) is 36.0 Å². The number of Topliss-reactive ketones (excluding diaryl/α,β-unsaturated/α-hetero) is 1. The van der Waals surface area contributed by atoms with E-state index in [1.165, 1.54) is 24.3 Å². The maximum atomic E-state index is 11.9. The third-order valence-electron chi connectivity index (χ3n) is 2.96. The fraction of sp³-hybridized carbons (Fsp3) is 0.154. The number of hydrogen-bond donors (Lipinski definition) is 2. The van der Waals surface area contributed by atoms with E-state index in [1.54, 1.807) is 0 Å². The third-order valence-corrected chi connectivity index (χ3v) is 2.96. The van der Waals surface area contributed by atoms with Crippen LogP contribution in [-0.2, 0) is 14.3 Å². The molecule has 1 aromatic carbocycles. The minimum Gasteiger partial charge on any atom is -0.508 e. The van der Waals surface area contributed by atoms with Crippen LogP contribution < -0.4 is 5.32 Å². The number of fused-ring (bicyclic) bond motifs is 1. The minimum absolute atomic E-state index is 0.0360. The maximum absolute atomic E-state index is 11.9. The molecule has 1 aromatic rings. The fourth-order valence-corrected chi connectivity index (χ4v) is 1.88. The summed E-state index contributed by atoms with van der Waals surface area (Å²) in [6.07, 6.45) is -0.316. The monoisotopic (exact) mass is 259 g/mol. The standard InChI is InChI=1S/C13H9NO5/c15-7-3-1-6(2-4-7)13(18)14-8-5-9(16)11-12(19-11)10(8)17/h1-5,11-12,15H,(H,14,18)/t11-,12+/m0/s1. The summed E-state index contributed by atoms with van der Waals surface area (Å²) in [6, 6.07) is 5.54. The lowest BCUT2D eigenvalue weighted by Crippen LogP contribution is -2.34. The molecule has 0 radical (unpaired) electrons. The Labute approximate surface area is 107 Å². The topological polar surface area (TPSA) is 96.0 Å². The first-order valence-corrected chi connectivity index (χ1v) is 5.62. The van der Waals surface area contributed by atoms with Gasteiger partial charge in [-0.25, -0.2) is 0 Å². The molecule has 1 saturated heterocycles. The lowest BCUT2D eigenvalue weighted by atomic mass is 10.0. The molecular weight excluding hydrogens is 250 g/mol. The fourth-order valence-electron chi connectivity index (χ4n) is 1.88. The highest BCUT2D eigenvalue weighted by atomic mass is 16.6. The van der Waals surface area contributed by atoms with Crippen LogP contribution in [0.25, 0.3) is 0 Å². The van der Waals surface area contributed by atoms with Gasteiger partial charge in [0.2, 0.25) is 5.78 Å². The zero-order chi connectivity index (χ0) is 13.6. The number of phenols is 1. The van der Waals surface area contributed by atoms with Crippen molar-refractivity contribution in [3.05, 3.63) is 41.6 Å². The molecule has 2 atom stereocenters. The first-order valence-electron chi connectivity index (χ1n) is 5.62. The molecule has 1 heterocycles. The average molecular weight is 259 g/mol. The van der Waals surface area contributed by atoms with E-state index >= 15 is 0 Å². The summed E-state index contributed by atoms with van der Waals surface area (Å²) in [5.74, 6) is -1.19. The molecular formula is C13H9NO5. The molecule has 96 valence electrons. The molecule has 0 spiro atoms. The van der Waals surface area contributed by atoms with Gasteiger partial charge < -0.3 is 15.2 Å². The van der Waals surface area contributed by atoms with Crippen LogP contribution in [0.1, 0.15) is 10.4 Å². The smallest absolute Gasteiger partial charge is 0.255 e. The van der Waals surface area contributed by atoms with E-state index in [9.17, 15) is 14.4 Å². The number of phenolic OH excluding ortho intramolecular Hbond substituents is 1. The first-order chi connectivity index (χ1) is 9.06. The molecule has 2 aliphatic rings. The average Bonchev–Trinajstić information content (AvgIpc) is 3.17. The number of ketones is 2. The number of ether oxygens (including phenoxy) is 1. The predicted octanol–water partition coefficient (Wildman–Crippen LogP) is -0.0749. The SMILES string of the molecule is O=C(NC1=CC(=O)[C@@H]2O[C@@H]2C1=O)c1ccc(O)cc1. The summed E-state index contributed by atoms with van der Waals surface area (Å²) < 4.78 is 4.90. The van der Waals surface area contributed by atoms with Crippen molar-refractivity contribution in [3.63, 3.8) is 0 Å². The van der Waals surface area contributed by atoms with Gasteiger partial charge in [0.05, 0.1) is 5.70 Å². The summed E-state index contributed by atoms with van der Waals surface area (Å²) in [5, 5.41) is 11.5. The van der Waals surface area contributed by atoms with Crippen LogP contribution in [-0.4, -0.2) is 34.8 Å². The molecule has 1 fully saturated rings. The summed E-state index contributed by atoms with van der Waals surface area (Å²) in [7, 11) is 0. The molecule has 0 aromatic heterocycles. The third kappa shape index (κ3) is 2.02. The number of carbonyl (C=O) groups excluding carboxylic acids is 3. The largest absolute Gasteiger partial charge is 0.508 e. The van der Waals surface area contributed by atoms with Crippen molar-refractivity contribution in [2.75, 3.05) is 0 Å². The van der Waals surface area contributed by atoms with E-state index in [-0.39, 0.29) is 22.8 Å². The number of aromatic hydroxyl groups is 1. The van der Waals surface area contributed by atoms with Crippen molar-refractivity contribution >= 4 is 17.5 Å². The second-order valence-electron chi connectivity index (χ2n) is 4.30. The van der Waals surface area contributed by atoms with Crippen LogP contribution in [0.4, 0.5) is 0 Å². The Hall–Kier alpha value is -2.47. The summed E-state index contributed by atoms with van der Waals surface area (Å²) in [4.78, 5) is 35.0. The number of epoxide rings is 1. The Morgan fingerprint density at radius 3 is 2.53 bits per heavy atom. The Morgan fingerprint density at radius 2 is 1.84 bits per heavy atom. The van der Waals surface area contributed by atoms with Crippen LogP contribution in [0.5, 0.6) is 5.75 Å². The zero-order valence-electron chi connectivity index (χ0n) is 9.62. The van der Waals surface area contributed by atoms with Crippen molar-refractivity contribution < 1.29 is 24.2 Å². The van der Waals surface area contributed by atoms with Gasteiger partial charge >= 0.3 is 0 Å². The molecule has 3 rings (SSSR count). The summed E-state index contributed by atoms with van der Waals surface area (Å²) in [6.45, 7) is 0. The van der Waals surface area contributed by atoms with Crippen molar-refractivity contribution in [3.8, 4) is 5.75 Å². The van der Waals surface area contributed by atoms with Gasteiger partial charge in [0, 0.05) is 11.6 Å². The highest BCUT2D eigenvalue weighted by Gasteiger charge is 2.53. The van der Waals surface area contributed by atoms with E-state index in [0.717, 1.165) is 6.08 Å². The van der Waals surface area contributed by atoms with Crippen LogP contribution in [0, 0.1) is 0 Å². The second-order valence-corrected chi connectivity index (χ2v) is 4.30. The minimum atomic E-state index is -0.743. The summed E-state index contributed by atoms with van der Waals surface area (Å²) >= 11 is 0. The number of benzene rings is 1. The van der Waals surface area contributed by atoms with Gasteiger partial charge in [0.1, 0.15) is 5.75 Å².